The summed E-state index contributed by atoms with van der Waals surface area (Å²) in [5.74, 6) is -3.75. The molecular weight excluding hydrogens is 454 g/mol. The molecular formula is C25H23N3O7. The highest BCUT2D eigenvalue weighted by atomic mass is 16.3. The number of aromatic hydroxyl groups is 4. The Kier molecular flexibility index (Phi) is 7.37. The molecule has 0 heterocycles. The number of carbonyl (C=O) groups is 3. The molecule has 10 nitrogen and oxygen atoms in total. The molecule has 0 spiro atoms. The van der Waals surface area contributed by atoms with E-state index in [0.29, 0.717) is 11.1 Å². The molecule has 10 heteroatoms. The van der Waals surface area contributed by atoms with E-state index in [0.717, 1.165) is 6.08 Å². The minimum absolute atomic E-state index is 0.0193. The van der Waals surface area contributed by atoms with Gasteiger partial charge in [-0.3, -0.25) is 25.2 Å². The van der Waals surface area contributed by atoms with Gasteiger partial charge in [-0.05, 0) is 53.6 Å². The predicted molar refractivity (Wildman–Crippen MR) is 126 cm³/mol. The fourth-order valence-corrected chi connectivity index (χ4v) is 3.14. The van der Waals surface area contributed by atoms with Crippen LogP contribution in [0.1, 0.15) is 21.5 Å². The number of hydrogen-bond acceptors (Lipinski definition) is 8. The maximum atomic E-state index is 13.1. The van der Waals surface area contributed by atoms with Crippen molar-refractivity contribution in [3.05, 3.63) is 89.5 Å². The molecule has 0 aliphatic carbocycles. The number of hydrogen-bond donors (Lipinski definition) is 7. The SMILES string of the molecule is N[C@](Cc1ccc(O)cc1)(C(=O)C=Cc1ccc(O)c(O)c1)C(=O)NNC(=O)c1ccccc1O. The Bertz CT molecular complexity index is 1290. The first-order valence-corrected chi connectivity index (χ1v) is 10.3. The third-order valence-electron chi connectivity index (χ3n) is 5.13. The van der Waals surface area contributed by atoms with E-state index in [1.54, 1.807) is 0 Å². The second-order valence-corrected chi connectivity index (χ2v) is 7.69. The Morgan fingerprint density at radius 2 is 1.51 bits per heavy atom. The molecule has 0 aliphatic rings. The summed E-state index contributed by atoms with van der Waals surface area (Å²) in [4.78, 5) is 38.4. The fourth-order valence-electron chi connectivity index (χ4n) is 3.14. The van der Waals surface area contributed by atoms with Crippen molar-refractivity contribution >= 4 is 23.7 Å². The van der Waals surface area contributed by atoms with Gasteiger partial charge in [-0.2, -0.15) is 0 Å². The minimum Gasteiger partial charge on any atom is -0.508 e. The van der Waals surface area contributed by atoms with Crippen molar-refractivity contribution in [2.24, 2.45) is 5.73 Å². The van der Waals surface area contributed by atoms with Crippen LogP contribution in [0.15, 0.2) is 72.8 Å². The molecule has 0 saturated heterocycles. The average Bonchev–Trinajstić information content (AvgIpc) is 2.84. The summed E-state index contributed by atoms with van der Waals surface area (Å²) in [7, 11) is 0. The monoisotopic (exact) mass is 477 g/mol. The van der Waals surface area contributed by atoms with E-state index in [4.69, 9.17) is 5.73 Å². The van der Waals surface area contributed by atoms with Crippen LogP contribution in [-0.4, -0.2) is 43.6 Å². The molecule has 8 N–H and O–H groups in total. The number of para-hydroxylation sites is 1. The van der Waals surface area contributed by atoms with Gasteiger partial charge in [0.15, 0.2) is 22.8 Å². The van der Waals surface area contributed by atoms with Gasteiger partial charge in [0.05, 0.1) is 5.56 Å². The highest BCUT2D eigenvalue weighted by molar-refractivity contribution is 6.16. The number of phenolic OH excluding ortho intramolecular Hbond substituents is 4. The third-order valence-corrected chi connectivity index (χ3v) is 5.13. The molecule has 2 amide bonds. The lowest BCUT2D eigenvalue weighted by atomic mass is 9.86. The molecule has 180 valence electrons. The van der Waals surface area contributed by atoms with E-state index < -0.39 is 28.9 Å². The number of amides is 2. The van der Waals surface area contributed by atoms with Crippen molar-refractivity contribution in [2.75, 3.05) is 0 Å². The fraction of sp³-hybridized carbons (Fsp3) is 0.0800. The minimum atomic E-state index is -2.18. The maximum absolute atomic E-state index is 13.1. The zero-order valence-electron chi connectivity index (χ0n) is 18.3. The van der Waals surface area contributed by atoms with Crippen LogP contribution in [0.2, 0.25) is 0 Å². The first-order chi connectivity index (χ1) is 16.6. The van der Waals surface area contributed by atoms with Gasteiger partial charge in [0.25, 0.3) is 11.8 Å². The lowest BCUT2D eigenvalue weighted by Gasteiger charge is -2.26. The van der Waals surface area contributed by atoms with E-state index in [-0.39, 0.29) is 29.2 Å². The molecule has 0 saturated carbocycles. The molecule has 3 aromatic carbocycles. The highest BCUT2D eigenvalue weighted by Crippen LogP contribution is 2.25. The van der Waals surface area contributed by atoms with Crippen LogP contribution in [0.4, 0.5) is 0 Å². The zero-order chi connectivity index (χ0) is 25.6. The molecule has 0 radical (unpaired) electrons. The van der Waals surface area contributed by atoms with Crippen molar-refractivity contribution in [2.45, 2.75) is 12.0 Å². The van der Waals surface area contributed by atoms with Crippen LogP contribution in [-0.2, 0) is 16.0 Å². The molecule has 3 rings (SSSR count). The van der Waals surface area contributed by atoms with Gasteiger partial charge in [0.1, 0.15) is 11.5 Å². The Morgan fingerprint density at radius 3 is 2.17 bits per heavy atom. The predicted octanol–water partition coefficient (Wildman–Crippen LogP) is 1.49. The average molecular weight is 477 g/mol. The van der Waals surface area contributed by atoms with Crippen molar-refractivity contribution < 1.29 is 34.8 Å². The highest BCUT2D eigenvalue weighted by Gasteiger charge is 2.41. The summed E-state index contributed by atoms with van der Waals surface area (Å²) in [6.07, 6.45) is 2.06. The summed E-state index contributed by atoms with van der Waals surface area (Å²) < 4.78 is 0. The van der Waals surface area contributed by atoms with Crippen LogP contribution >= 0.6 is 0 Å². The maximum Gasteiger partial charge on any atom is 0.273 e. The van der Waals surface area contributed by atoms with E-state index >= 15 is 0 Å². The quantitative estimate of drug-likeness (QED) is 0.116. The molecule has 1 atom stereocenters. The topological polar surface area (TPSA) is 182 Å². The Balaban J connectivity index is 1.84. The number of benzene rings is 3. The van der Waals surface area contributed by atoms with Gasteiger partial charge in [-0.15, -0.1) is 0 Å². The van der Waals surface area contributed by atoms with Crippen LogP contribution in [0.3, 0.4) is 0 Å². The van der Waals surface area contributed by atoms with Crippen molar-refractivity contribution in [1.29, 1.82) is 0 Å². The summed E-state index contributed by atoms with van der Waals surface area (Å²) in [5.41, 5.74) is 9.04. The van der Waals surface area contributed by atoms with Gasteiger partial charge in [0.2, 0.25) is 0 Å². The van der Waals surface area contributed by atoms with Crippen molar-refractivity contribution in [3.8, 4) is 23.0 Å². The van der Waals surface area contributed by atoms with Gasteiger partial charge < -0.3 is 26.2 Å². The van der Waals surface area contributed by atoms with Gasteiger partial charge in [-0.25, -0.2) is 0 Å². The summed E-state index contributed by atoms with van der Waals surface area (Å²) in [5, 5.41) is 38.4. The number of carbonyl (C=O) groups excluding carboxylic acids is 3. The molecule has 0 fully saturated rings. The first-order valence-electron chi connectivity index (χ1n) is 10.3. The second-order valence-electron chi connectivity index (χ2n) is 7.69. The number of rotatable bonds is 7. The van der Waals surface area contributed by atoms with E-state index in [2.05, 4.69) is 10.9 Å². The first kappa shape index (κ1) is 24.8. The Morgan fingerprint density at radius 1 is 0.829 bits per heavy atom. The standard InChI is InChI=1S/C25H23N3O7/c26-25(14-16-5-9-17(29)10-6-16,22(33)12-8-15-7-11-20(31)21(32)13-15)24(35)28-27-23(34)18-3-1-2-4-19(18)30/h1-13,29-32H,14,26H2,(H,27,34)(H,28,35)/t25-/m1/s1. The Labute approximate surface area is 199 Å². The van der Waals surface area contributed by atoms with Crippen LogP contribution in [0, 0.1) is 0 Å². The van der Waals surface area contributed by atoms with Crippen LogP contribution < -0.4 is 16.6 Å². The number of ketones is 1. The third kappa shape index (κ3) is 5.95. The summed E-state index contributed by atoms with van der Waals surface area (Å²) in [6.45, 7) is 0. The lowest BCUT2D eigenvalue weighted by Crippen LogP contribution is -2.63. The smallest absolute Gasteiger partial charge is 0.273 e. The molecule has 0 aliphatic heterocycles. The zero-order valence-corrected chi connectivity index (χ0v) is 18.3. The molecule has 0 bridgehead atoms. The number of nitrogens with one attached hydrogen (secondary N) is 2. The van der Waals surface area contributed by atoms with Gasteiger partial charge in [0, 0.05) is 6.42 Å². The molecule has 3 aromatic rings. The number of hydrazine groups is 1. The summed E-state index contributed by atoms with van der Waals surface area (Å²) in [6, 6.07) is 15.3. The normalized spacial score (nSPS) is 12.6. The van der Waals surface area contributed by atoms with Crippen molar-refractivity contribution in [3.63, 3.8) is 0 Å². The van der Waals surface area contributed by atoms with Gasteiger partial charge in [-0.1, -0.05) is 36.4 Å². The summed E-state index contributed by atoms with van der Waals surface area (Å²) >= 11 is 0. The number of nitrogens with two attached hydrogens (primary N) is 1. The molecule has 0 aromatic heterocycles. The van der Waals surface area contributed by atoms with E-state index in [1.165, 1.54) is 72.8 Å². The van der Waals surface area contributed by atoms with Crippen molar-refractivity contribution in [1.82, 2.24) is 10.9 Å². The largest absolute Gasteiger partial charge is 0.508 e. The van der Waals surface area contributed by atoms with Gasteiger partial charge >= 0.3 is 0 Å². The van der Waals surface area contributed by atoms with E-state index in [9.17, 15) is 34.8 Å². The second kappa shape index (κ2) is 10.4. The van der Waals surface area contributed by atoms with Crippen LogP contribution in [0.25, 0.3) is 6.08 Å². The lowest BCUT2D eigenvalue weighted by molar-refractivity contribution is -0.134. The Hall–Kier alpha value is -4.83. The molecule has 35 heavy (non-hydrogen) atoms. The van der Waals surface area contributed by atoms with Crippen LogP contribution in [0.5, 0.6) is 23.0 Å². The molecule has 0 unspecified atom stereocenters. The number of phenols is 4. The van der Waals surface area contributed by atoms with E-state index in [1.807, 2.05) is 0 Å².